The third-order valence-electron chi connectivity index (χ3n) is 3.12. The number of hydrogen-bond donors (Lipinski definition) is 1. The fourth-order valence-electron chi connectivity index (χ4n) is 1.89. The van der Waals surface area contributed by atoms with Gasteiger partial charge in [0.1, 0.15) is 0 Å². The smallest absolute Gasteiger partial charge is 0.195 e. The van der Waals surface area contributed by atoms with Gasteiger partial charge in [0.2, 0.25) is 0 Å². The van der Waals surface area contributed by atoms with Gasteiger partial charge in [-0.05, 0) is 29.7 Å². The molecule has 2 aromatic carbocycles. The quantitative estimate of drug-likeness (QED) is 0.828. The average molecular weight is 265 g/mol. The zero-order chi connectivity index (χ0) is 14.0. The Labute approximate surface area is 109 Å². The molecule has 0 aliphatic rings. The lowest BCUT2D eigenvalue weighted by molar-refractivity contribution is 0.449. The van der Waals surface area contributed by atoms with Crippen molar-refractivity contribution in [1.82, 2.24) is 0 Å². The summed E-state index contributed by atoms with van der Waals surface area (Å²) in [5.41, 5.74) is 7.33. The van der Waals surface area contributed by atoms with Gasteiger partial charge in [-0.15, -0.1) is 0 Å². The molecule has 0 aliphatic carbocycles. The number of hydrogen-bond acceptors (Lipinski definition) is 1. The van der Waals surface area contributed by atoms with E-state index in [0.29, 0.717) is 5.56 Å². The van der Waals surface area contributed by atoms with Crippen LogP contribution in [0, 0.1) is 17.5 Å². The van der Waals surface area contributed by atoms with Crippen LogP contribution in [-0.4, -0.2) is 0 Å². The highest BCUT2D eigenvalue weighted by Crippen LogP contribution is 2.27. The molecule has 2 rings (SSSR count). The van der Waals surface area contributed by atoms with Crippen molar-refractivity contribution < 1.29 is 13.2 Å². The molecule has 0 aromatic heterocycles. The van der Waals surface area contributed by atoms with Gasteiger partial charge in [0, 0.05) is 11.6 Å². The first-order chi connectivity index (χ1) is 9.04. The summed E-state index contributed by atoms with van der Waals surface area (Å²) in [7, 11) is 0. The highest BCUT2D eigenvalue weighted by Gasteiger charge is 2.14. The van der Waals surface area contributed by atoms with E-state index in [1.165, 1.54) is 6.07 Å². The molecule has 0 aliphatic heterocycles. The molecular formula is C15H14F3N. The standard InChI is InChI=1S/C15H14F3N/c1-2-13(19)10-5-3-9(4-6-10)11-7-8-12(16)15(18)14(11)17/h3-8,13H,2,19H2,1H3. The first kappa shape index (κ1) is 13.6. The molecule has 1 atom stereocenters. The molecule has 2 N–H and O–H groups in total. The second-order valence-electron chi connectivity index (χ2n) is 4.36. The maximum absolute atomic E-state index is 13.6. The Hall–Kier alpha value is -1.81. The monoisotopic (exact) mass is 265 g/mol. The van der Waals surface area contributed by atoms with Gasteiger partial charge in [0.15, 0.2) is 17.5 Å². The van der Waals surface area contributed by atoms with Gasteiger partial charge < -0.3 is 5.73 Å². The molecular weight excluding hydrogens is 251 g/mol. The fourth-order valence-corrected chi connectivity index (χ4v) is 1.89. The fraction of sp³-hybridized carbons (Fsp3) is 0.200. The molecule has 0 amide bonds. The SMILES string of the molecule is CCC(N)c1ccc(-c2ccc(F)c(F)c2F)cc1. The lowest BCUT2D eigenvalue weighted by Crippen LogP contribution is -2.08. The molecule has 0 heterocycles. The van der Waals surface area contributed by atoms with Gasteiger partial charge >= 0.3 is 0 Å². The van der Waals surface area contributed by atoms with Crippen LogP contribution in [0.1, 0.15) is 24.9 Å². The lowest BCUT2D eigenvalue weighted by atomic mass is 9.99. The van der Waals surface area contributed by atoms with Crippen LogP contribution < -0.4 is 5.73 Å². The number of nitrogens with two attached hydrogens (primary N) is 1. The number of rotatable bonds is 3. The van der Waals surface area contributed by atoms with Crippen molar-refractivity contribution in [3.05, 3.63) is 59.4 Å². The van der Waals surface area contributed by atoms with E-state index in [0.717, 1.165) is 18.1 Å². The van der Waals surface area contributed by atoms with Gasteiger partial charge in [0.25, 0.3) is 0 Å². The van der Waals surface area contributed by atoms with E-state index in [4.69, 9.17) is 5.73 Å². The third kappa shape index (κ3) is 2.63. The highest BCUT2D eigenvalue weighted by molar-refractivity contribution is 5.64. The van der Waals surface area contributed by atoms with Crippen LogP contribution in [0.25, 0.3) is 11.1 Å². The Kier molecular flexibility index (Phi) is 3.90. The van der Waals surface area contributed by atoms with E-state index in [1.807, 2.05) is 6.92 Å². The molecule has 0 radical (unpaired) electrons. The first-order valence-corrected chi connectivity index (χ1v) is 6.04. The van der Waals surface area contributed by atoms with Crippen molar-refractivity contribution >= 4 is 0 Å². The van der Waals surface area contributed by atoms with E-state index >= 15 is 0 Å². The van der Waals surface area contributed by atoms with Gasteiger partial charge in [-0.1, -0.05) is 31.2 Å². The summed E-state index contributed by atoms with van der Waals surface area (Å²) >= 11 is 0. The van der Waals surface area contributed by atoms with Crippen LogP contribution in [-0.2, 0) is 0 Å². The zero-order valence-corrected chi connectivity index (χ0v) is 10.5. The van der Waals surface area contributed by atoms with Gasteiger partial charge in [-0.2, -0.15) is 0 Å². The van der Waals surface area contributed by atoms with E-state index in [1.54, 1.807) is 24.3 Å². The molecule has 0 saturated heterocycles. The summed E-state index contributed by atoms with van der Waals surface area (Å²) in [6.45, 7) is 1.97. The Bertz CT molecular complexity index is 579. The van der Waals surface area contributed by atoms with Crippen LogP contribution in [0.15, 0.2) is 36.4 Å². The Morgan fingerprint density at radius 3 is 2.16 bits per heavy atom. The van der Waals surface area contributed by atoms with Crippen LogP contribution >= 0.6 is 0 Å². The molecule has 2 aromatic rings. The van der Waals surface area contributed by atoms with E-state index in [9.17, 15) is 13.2 Å². The van der Waals surface area contributed by atoms with E-state index < -0.39 is 17.5 Å². The first-order valence-electron chi connectivity index (χ1n) is 6.04. The molecule has 4 heteroatoms. The molecule has 1 nitrogen and oxygen atoms in total. The Morgan fingerprint density at radius 1 is 0.947 bits per heavy atom. The highest BCUT2D eigenvalue weighted by atomic mass is 19.2. The Balaban J connectivity index is 2.40. The average Bonchev–Trinajstić information content (AvgIpc) is 2.44. The van der Waals surface area contributed by atoms with Crippen LogP contribution in [0.2, 0.25) is 0 Å². The molecule has 0 spiro atoms. The Morgan fingerprint density at radius 2 is 1.58 bits per heavy atom. The van der Waals surface area contributed by atoms with Crippen molar-refractivity contribution in [3.8, 4) is 11.1 Å². The summed E-state index contributed by atoms with van der Waals surface area (Å²) in [5.74, 6) is -3.81. The number of halogens is 3. The maximum atomic E-state index is 13.6. The van der Waals surface area contributed by atoms with Crippen molar-refractivity contribution in [2.45, 2.75) is 19.4 Å². The predicted molar refractivity (Wildman–Crippen MR) is 69.0 cm³/mol. The number of benzene rings is 2. The van der Waals surface area contributed by atoms with Gasteiger partial charge in [0.05, 0.1) is 0 Å². The summed E-state index contributed by atoms with van der Waals surface area (Å²) < 4.78 is 39.7. The minimum atomic E-state index is -1.45. The van der Waals surface area contributed by atoms with Gasteiger partial charge in [-0.3, -0.25) is 0 Å². The summed E-state index contributed by atoms with van der Waals surface area (Å²) in [4.78, 5) is 0. The van der Waals surface area contributed by atoms with Crippen molar-refractivity contribution in [2.24, 2.45) is 5.73 Å². The minimum Gasteiger partial charge on any atom is -0.324 e. The van der Waals surface area contributed by atoms with E-state index in [2.05, 4.69) is 0 Å². The molecule has 100 valence electrons. The predicted octanol–water partition coefficient (Wildman–Crippen LogP) is 4.18. The van der Waals surface area contributed by atoms with Crippen molar-refractivity contribution in [1.29, 1.82) is 0 Å². The zero-order valence-electron chi connectivity index (χ0n) is 10.5. The lowest BCUT2D eigenvalue weighted by Gasteiger charge is -2.10. The maximum Gasteiger partial charge on any atom is 0.195 e. The molecule has 0 saturated carbocycles. The van der Waals surface area contributed by atoms with Crippen LogP contribution in [0.4, 0.5) is 13.2 Å². The van der Waals surface area contributed by atoms with Crippen LogP contribution in [0.5, 0.6) is 0 Å². The molecule has 0 fully saturated rings. The van der Waals surface area contributed by atoms with Crippen LogP contribution in [0.3, 0.4) is 0 Å². The summed E-state index contributed by atoms with van der Waals surface area (Å²) in [5, 5.41) is 0. The van der Waals surface area contributed by atoms with Gasteiger partial charge in [-0.25, -0.2) is 13.2 Å². The minimum absolute atomic E-state index is 0.0375. The largest absolute Gasteiger partial charge is 0.324 e. The molecule has 1 unspecified atom stereocenters. The second-order valence-corrected chi connectivity index (χ2v) is 4.36. The van der Waals surface area contributed by atoms with Crippen molar-refractivity contribution in [3.63, 3.8) is 0 Å². The topological polar surface area (TPSA) is 26.0 Å². The second kappa shape index (κ2) is 5.45. The molecule has 19 heavy (non-hydrogen) atoms. The van der Waals surface area contributed by atoms with E-state index in [-0.39, 0.29) is 11.6 Å². The third-order valence-corrected chi connectivity index (χ3v) is 3.12. The summed E-state index contributed by atoms with van der Waals surface area (Å²) in [6, 6.07) is 8.90. The summed E-state index contributed by atoms with van der Waals surface area (Å²) in [6.07, 6.45) is 0.791. The molecule has 0 bridgehead atoms. The normalized spacial score (nSPS) is 12.5. The van der Waals surface area contributed by atoms with Crippen molar-refractivity contribution in [2.75, 3.05) is 0 Å².